The molecule has 0 saturated carbocycles. The van der Waals surface area contributed by atoms with Gasteiger partial charge in [0.15, 0.2) is 0 Å². The van der Waals surface area contributed by atoms with Gasteiger partial charge < -0.3 is 42.6 Å². The van der Waals surface area contributed by atoms with Crippen molar-refractivity contribution < 1.29 is 60.0 Å². The molecule has 0 bridgehead atoms. The summed E-state index contributed by atoms with van der Waals surface area (Å²) >= 11 is 0. The van der Waals surface area contributed by atoms with Gasteiger partial charge in [-0.15, -0.1) is 0 Å². The summed E-state index contributed by atoms with van der Waals surface area (Å²) < 4.78 is 75.8. The van der Waals surface area contributed by atoms with Gasteiger partial charge >= 0.3 is 5.97 Å². The van der Waals surface area contributed by atoms with Gasteiger partial charge in [-0.3, -0.25) is 4.18 Å². The van der Waals surface area contributed by atoms with E-state index in [9.17, 15) is 13.2 Å². The van der Waals surface area contributed by atoms with Crippen molar-refractivity contribution in [3.8, 4) is 0 Å². The molecule has 0 heterocycles. The molecule has 0 aromatic heterocycles. The van der Waals surface area contributed by atoms with Crippen molar-refractivity contribution in [3.63, 3.8) is 0 Å². The molecule has 13 nitrogen and oxygen atoms in total. The largest absolute Gasteiger partial charge is 0.467 e. The van der Waals surface area contributed by atoms with Gasteiger partial charge in [-0.25, -0.2) is 4.79 Å². The molecular weight excluding hydrogens is 540 g/mol. The fourth-order valence-corrected chi connectivity index (χ4v) is 3.53. The number of esters is 1. The van der Waals surface area contributed by atoms with Gasteiger partial charge in [0.25, 0.3) is 10.1 Å². The van der Waals surface area contributed by atoms with Gasteiger partial charge in [0, 0.05) is 0 Å². The van der Waals surface area contributed by atoms with Crippen LogP contribution in [0.25, 0.3) is 0 Å². The Kier molecular flexibility index (Phi) is 22.9. The number of rotatable bonds is 28. The van der Waals surface area contributed by atoms with Crippen molar-refractivity contribution in [1.29, 1.82) is 0 Å². The highest BCUT2D eigenvalue weighted by molar-refractivity contribution is 7.86. The molecule has 226 valence electrons. The van der Waals surface area contributed by atoms with Crippen LogP contribution in [0.4, 0.5) is 0 Å². The first-order valence-corrected chi connectivity index (χ1v) is 14.1. The molecule has 0 fully saturated rings. The van der Waals surface area contributed by atoms with Crippen LogP contribution in [0, 0.1) is 0 Å². The van der Waals surface area contributed by atoms with Crippen LogP contribution in [0.2, 0.25) is 0 Å². The number of hydrogen-bond donors (Lipinski definition) is 0. The Balaban J connectivity index is 1.71. The Bertz CT molecular complexity index is 792. The van der Waals surface area contributed by atoms with Crippen LogP contribution >= 0.6 is 0 Å². The van der Waals surface area contributed by atoms with Crippen LogP contribution in [-0.2, 0) is 61.7 Å². The van der Waals surface area contributed by atoms with Gasteiger partial charge in [-0.2, -0.15) is 8.42 Å². The van der Waals surface area contributed by atoms with E-state index in [0.29, 0.717) is 92.5 Å². The van der Waals surface area contributed by atoms with Crippen molar-refractivity contribution in [1.82, 2.24) is 0 Å². The summed E-state index contributed by atoms with van der Waals surface area (Å²) in [4.78, 5) is 10.9. The lowest BCUT2D eigenvalue weighted by molar-refractivity contribution is -0.146. The molecule has 0 aliphatic carbocycles. The summed E-state index contributed by atoms with van der Waals surface area (Å²) in [6, 6.07) is 7.95. The second kappa shape index (κ2) is 25.3. The number of methoxy groups -OCH3 is 1. The van der Waals surface area contributed by atoms with Gasteiger partial charge in [-0.1, -0.05) is 18.2 Å². The summed E-state index contributed by atoms with van der Waals surface area (Å²) in [6.45, 7) is 5.86. The summed E-state index contributed by atoms with van der Waals surface area (Å²) in [5.41, 5.74) is 0. The average Bonchev–Trinajstić information content (AvgIpc) is 2.95. The van der Waals surface area contributed by atoms with Gasteiger partial charge in [0.05, 0.1) is 118 Å². The highest BCUT2D eigenvalue weighted by Crippen LogP contribution is 2.10. The van der Waals surface area contributed by atoms with Crippen LogP contribution < -0.4 is 0 Å². The maximum atomic E-state index is 11.9. The number of carbonyl (C=O) groups excluding carboxylic acids is 1. The zero-order chi connectivity index (χ0) is 28.3. The minimum atomic E-state index is -3.76. The molecule has 0 aliphatic heterocycles. The highest BCUT2D eigenvalue weighted by Gasteiger charge is 2.13. The normalized spacial score (nSPS) is 11.6. The number of ether oxygens (including phenoxy) is 9. The molecule has 39 heavy (non-hydrogen) atoms. The first kappa shape index (κ1) is 35.3. The number of carbonyl (C=O) groups is 1. The minimum absolute atomic E-state index is 0.0617. The first-order valence-electron chi connectivity index (χ1n) is 12.7. The zero-order valence-electron chi connectivity index (χ0n) is 22.6. The molecule has 0 unspecified atom stereocenters. The fourth-order valence-electron chi connectivity index (χ4n) is 2.61. The molecule has 0 aliphatic rings. The summed E-state index contributed by atoms with van der Waals surface area (Å²) in [5.74, 6) is -0.416. The Hall–Kier alpha value is -1.72. The van der Waals surface area contributed by atoms with E-state index in [1.165, 1.54) is 19.2 Å². The second-order valence-electron chi connectivity index (χ2n) is 7.50. The van der Waals surface area contributed by atoms with E-state index in [4.69, 9.17) is 42.1 Å². The first-order chi connectivity index (χ1) is 19.1. The van der Waals surface area contributed by atoms with Crippen molar-refractivity contribution in [3.05, 3.63) is 30.3 Å². The predicted octanol–water partition coefficient (Wildman–Crippen LogP) is 0.698. The molecule has 0 atom stereocenters. The molecule has 0 amide bonds. The molecule has 0 radical (unpaired) electrons. The fraction of sp³-hybridized carbons (Fsp3) is 0.720. The summed E-state index contributed by atoms with van der Waals surface area (Å²) in [7, 11) is -2.45. The van der Waals surface area contributed by atoms with E-state index in [1.807, 2.05) is 0 Å². The third-order valence-electron chi connectivity index (χ3n) is 4.55. The highest BCUT2D eigenvalue weighted by atomic mass is 32.2. The predicted molar refractivity (Wildman–Crippen MR) is 138 cm³/mol. The molecule has 1 aromatic carbocycles. The second-order valence-corrected chi connectivity index (χ2v) is 9.12. The van der Waals surface area contributed by atoms with Crippen LogP contribution in [0.3, 0.4) is 0 Å². The van der Waals surface area contributed by atoms with Crippen molar-refractivity contribution in [2.75, 3.05) is 119 Å². The average molecular weight is 583 g/mol. The van der Waals surface area contributed by atoms with E-state index < -0.39 is 16.1 Å². The van der Waals surface area contributed by atoms with Crippen LogP contribution in [0.15, 0.2) is 35.2 Å². The van der Waals surface area contributed by atoms with Gasteiger partial charge in [-0.05, 0) is 12.1 Å². The van der Waals surface area contributed by atoms with E-state index >= 15 is 0 Å². The Morgan fingerprint density at radius 1 is 0.538 bits per heavy atom. The quantitative estimate of drug-likeness (QED) is 0.0777. The number of benzene rings is 1. The van der Waals surface area contributed by atoms with Crippen molar-refractivity contribution >= 4 is 16.1 Å². The van der Waals surface area contributed by atoms with Crippen molar-refractivity contribution in [2.24, 2.45) is 0 Å². The molecule has 0 N–H and O–H groups in total. The molecule has 0 saturated heterocycles. The molecule has 14 heteroatoms. The zero-order valence-corrected chi connectivity index (χ0v) is 23.4. The lowest BCUT2D eigenvalue weighted by Crippen LogP contribution is -2.16. The van der Waals surface area contributed by atoms with E-state index in [-0.39, 0.29) is 24.7 Å². The standard InChI is InChI=1S/C25H42O13S/c1-29-25(26)23-37-20-19-35-16-15-33-12-11-31-8-7-30-9-10-32-13-14-34-17-18-36-21-22-38-39(27,28)24-5-3-2-4-6-24/h2-6H,7-23H2,1H3. The maximum Gasteiger partial charge on any atom is 0.331 e. The third kappa shape index (κ3) is 21.7. The van der Waals surface area contributed by atoms with E-state index in [1.54, 1.807) is 18.2 Å². The van der Waals surface area contributed by atoms with Crippen LogP contribution in [0.5, 0.6) is 0 Å². The SMILES string of the molecule is COC(=O)COCCOCCOCCOCCOCCOCCOCCOCCOS(=O)(=O)c1ccccc1. The van der Waals surface area contributed by atoms with Crippen LogP contribution in [-0.4, -0.2) is 134 Å². The molecule has 1 aromatic rings. The minimum Gasteiger partial charge on any atom is -0.467 e. The summed E-state index contributed by atoms with van der Waals surface area (Å²) in [5, 5.41) is 0. The van der Waals surface area contributed by atoms with Gasteiger partial charge in [0.1, 0.15) is 6.61 Å². The topological polar surface area (TPSA) is 144 Å². The Labute approximate surface area is 230 Å². The molecular formula is C25H42O13S. The molecule has 1 rings (SSSR count). The molecule has 0 spiro atoms. The summed E-state index contributed by atoms with van der Waals surface area (Å²) in [6.07, 6.45) is 0. The Morgan fingerprint density at radius 3 is 1.23 bits per heavy atom. The third-order valence-corrected chi connectivity index (χ3v) is 5.88. The van der Waals surface area contributed by atoms with Gasteiger partial charge in [0.2, 0.25) is 0 Å². The maximum absolute atomic E-state index is 11.9. The lowest BCUT2D eigenvalue weighted by atomic mass is 10.4. The van der Waals surface area contributed by atoms with E-state index in [0.717, 1.165) is 0 Å². The van der Waals surface area contributed by atoms with Crippen molar-refractivity contribution in [2.45, 2.75) is 4.90 Å². The van der Waals surface area contributed by atoms with E-state index in [2.05, 4.69) is 4.74 Å². The van der Waals surface area contributed by atoms with Crippen LogP contribution in [0.1, 0.15) is 0 Å². The Morgan fingerprint density at radius 2 is 0.872 bits per heavy atom. The number of hydrogen-bond acceptors (Lipinski definition) is 13. The monoisotopic (exact) mass is 582 g/mol. The smallest absolute Gasteiger partial charge is 0.331 e. The lowest BCUT2D eigenvalue weighted by Gasteiger charge is -2.09.